The Morgan fingerprint density at radius 2 is 2.04 bits per heavy atom. The van der Waals surface area contributed by atoms with Gasteiger partial charge >= 0.3 is 0 Å². The van der Waals surface area contributed by atoms with Crippen molar-refractivity contribution in [2.45, 2.75) is 32.6 Å². The summed E-state index contributed by atoms with van der Waals surface area (Å²) < 4.78 is 2.09. The molecule has 0 unspecified atom stereocenters. The summed E-state index contributed by atoms with van der Waals surface area (Å²) in [6, 6.07) is 10.9. The Morgan fingerprint density at radius 3 is 2.78 bits per heavy atom. The smallest absolute Gasteiger partial charge is 0.133 e. The van der Waals surface area contributed by atoms with Gasteiger partial charge in [0, 0.05) is 23.1 Å². The monoisotopic (exact) mass is 323 g/mol. The minimum Gasteiger partial charge on any atom is -0.370 e. The lowest BCUT2D eigenvalue weighted by Gasteiger charge is -2.09. The minimum atomic E-state index is 1.02. The second-order valence-electron chi connectivity index (χ2n) is 6.00. The quantitative estimate of drug-likeness (QED) is 0.742. The van der Waals surface area contributed by atoms with Gasteiger partial charge in [0.25, 0.3) is 0 Å². The van der Waals surface area contributed by atoms with E-state index < -0.39 is 0 Å². The molecule has 3 heterocycles. The second-order valence-corrected chi connectivity index (χ2v) is 6.78. The maximum absolute atomic E-state index is 4.96. The molecule has 0 fully saturated rings. The molecular weight excluding hydrogens is 302 g/mol. The zero-order chi connectivity index (χ0) is 15.6. The summed E-state index contributed by atoms with van der Waals surface area (Å²) in [5.74, 6) is 1.17. The normalized spacial score (nSPS) is 14.1. The van der Waals surface area contributed by atoms with Crippen LogP contribution in [0.15, 0.2) is 41.1 Å². The van der Waals surface area contributed by atoms with Gasteiger partial charge in [-0.1, -0.05) is 19.1 Å². The zero-order valence-corrected chi connectivity index (χ0v) is 14.2. The molecule has 3 nitrogen and oxygen atoms in total. The van der Waals surface area contributed by atoms with Gasteiger partial charge in [-0.3, -0.25) is 0 Å². The van der Waals surface area contributed by atoms with Crippen LogP contribution in [0.4, 0.5) is 5.82 Å². The van der Waals surface area contributed by atoms with E-state index in [1.807, 2.05) is 0 Å². The Kier molecular flexibility index (Phi) is 3.92. The van der Waals surface area contributed by atoms with Crippen LogP contribution in [-0.4, -0.2) is 16.3 Å². The van der Waals surface area contributed by atoms with E-state index in [4.69, 9.17) is 5.10 Å². The van der Waals surface area contributed by atoms with Crippen molar-refractivity contribution in [2.75, 3.05) is 11.9 Å². The predicted octanol–water partition coefficient (Wildman–Crippen LogP) is 4.91. The van der Waals surface area contributed by atoms with E-state index in [2.05, 4.69) is 58.0 Å². The number of nitrogens with one attached hydrogen (secondary N) is 1. The van der Waals surface area contributed by atoms with E-state index >= 15 is 0 Å². The number of fused-ring (bicyclic) bond motifs is 1. The highest BCUT2D eigenvalue weighted by molar-refractivity contribution is 7.08. The van der Waals surface area contributed by atoms with Crippen molar-refractivity contribution in [3.63, 3.8) is 0 Å². The van der Waals surface area contributed by atoms with Gasteiger partial charge in [-0.05, 0) is 54.8 Å². The third kappa shape index (κ3) is 2.68. The number of nitrogens with zero attached hydrogens (tertiary/aromatic N) is 2. The molecular formula is C19H21N3S. The Balaban J connectivity index is 1.85. The molecule has 23 heavy (non-hydrogen) atoms. The number of aryl methyl sites for hydroxylation is 1. The predicted molar refractivity (Wildman–Crippen MR) is 97.7 cm³/mol. The molecule has 0 bridgehead atoms. The van der Waals surface area contributed by atoms with E-state index in [0.29, 0.717) is 0 Å². The first-order chi connectivity index (χ1) is 11.4. The highest BCUT2D eigenvalue weighted by Gasteiger charge is 2.21. The molecule has 118 valence electrons. The second kappa shape index (κ2) is 6.20. The fraction of sp³-hybridized carbons (Fsp3) is 0.316. The van der Waals surface area contributed by atoms with E-state index in [1.54, 1.807) is 11.3 Å². The van der Waals surface area contributed by atoms with Crippen molar-refractivity contribution in [3.8, 4) is 16.9 Å². The molecule has 0 spiro atoms. The SMILES string of the molecule is CCc1ccc(-n2nc(-c3ccsc3)c3c2NCCCC3)cc1. The van der Waals surface area contributed by atoms with E-state index in [0.717, 1.165) is 30.8 Å². The summed E-state index contributed by atoms with van der Waals surface area (Å²) in [6.07, 6.45) is 4.60. The van der Waals surface area contributed by atoms with Crippen LogP contribution in [0, 0.1) is 0 Å². The van der Waals surface area contributed by atoms with Gasteiger partial charge in [-0.25, -0.2) is 4.68 Å². The lowest BCUT2D eigenvalue weighted by atomic mass is 10.1. The Bertz CT molecular complexity index is 785. The standard InChI is InChI=1S/C19H21N3S/c1-2-14-6-8-16(9-7-14)22-19-17(5-3-4-11-20-19)18(21-22)15-10-12-23-13-15/h6-10,12-13,20H,2-5,11H2,1H3. The molecule has 0 amide bonds. The van der Waals surface area contributed by atoms with Crippen LogP contribution < -0.4 is 5.32 Å². The lowest BCUT2D eigenvalue weighted by Crippen LogP contribution is -2.07. The first-order valence-electron chi connectivity index (χ1n) is 8.34. The Labute approximate surface area is 141 Å². The lowest BCUT2D eigenvalue weighted by molar-refractivity contribution is 0.780. The maximum atomic E-state index is 4.96. The molecule has 3 aromatic rings. The van der Waals surface area contributed by atoms with Crippen LogP contribution in [-0.2, 0) is 12.8 Å². The van der Waals surface area contributed by atoms with Gasteiger partial charge < -0.3 is 5.32 Å². The largest absolute Gasteiger partial charge is 0.370 e. The molecule has 0 atom stereocenters. The molecule has 2 aromatic heterocycles. The van der Waals surface area contributed by atoms with Crippen molar-refractivity contribution in [1.82, 2.24) is 9.78 Å². The van der Waals surface area contributed by atoms with Crippen molar-refractivity contribution in [1.29, 1.82) is 0 Å². The van der Waals surface area contributed by atoms with Gasteiger partial charge in [-0.15, -0.1) is 0 Å². The first kappa shape index (κ1) is 14.5. The van der Waals surface area contributed by atoms with Gasteiger partial charge in [-0.2, -0.15) is 16.4 Å². The first-order valence-corrected chi connectivity index (χ1v) is 9.28. The summed E-state index contributed by atoms with van der Waals surface area (Å²) in [6.45, 7) is 3.21. The van der Waals surface area contributed by atoms with Gasteiger partial charge in [0.2, 0.25) is 0 Å². The number of aromatic nitrogens is 2. The third-order valence-electron chi connectivity index (χ3n) is 4.51. The summed E-state index contributed by atoms with van der Waals surface area (Å²) in [7, 11) is 0. The molecule has 0 radical (unpaired) electrons. The number of rotatable bonds is 3. The van der Waals surface area contributed by atoms with Crippen LogP contribution in [0.25, 0.3) is 16.9 Å². The van der Waals surface area contributed by atoms with Crippen molar-refractivity contribution < 1.29 is 0 Å². The molecule has 0 aliphatic carbocycles. The zero-order valence-electron chi connectivity index (χ0n) is 13.4. The fourth-order valence-electron chi connectivity index (χ4n) is 3.19. The molecule has 0 saturated heterocycles. The van der Waals surface area contributed by atoms with E-state index in [9.17, 15) is 0 Å². The van der Waals surface area contributed by atoms with Crippen molar-refractivity contribution in [2.24, 2.45) is 0 Å². The highest BCUT2D eigenvalue weighted by Crippen LogP contribution is 2.34. The molecule has 4 heteroatoms. The van der Waals surface area contributed by atoms with Crippen LogP contribution in [0.5, 0.6) is 0 Å². The Morgan fingerprint density at radius 1 is 1.17 bits per heavy atom. The average molecular weight is 323 g/mol. The highest BCUT2D eigenvalue weighted by atomic mass is 32.1. The molecule has 0 saturated carbocycles. The minimum absolute atomic E-state index is 1.02. The molecule has 1 aliphatic heterocycles. The summed E-state index contributed by atoms with van der Waals surface area (Å²) >= 11 is 1.73. The van der Waals surface area contributed by atoms with E-state index in [-0.39, 0.29) is 0 Å². The van der Waals surface area contributed by atoms with Crippen LogP contribution in [0.1, 0.15) is 30.9 Å². The summed E-state index contributed by atoms with van der Waals surface area (Å²) in [5, 5.41) is 12.9. The summed E-state index contributed by atoms with van der Waals surface area (Å²) in [4.78, 5) is 0. The van der Waals surface area contributed by atoms with Gasteiger partial charge in [0.1, 0.15) is 5.82 Å². The van der Waals surface area contributed by atoms with Crippen LogP contribution in [0.3, 0.4) is 0 Å². The number of thiophene rings is 1. The molecule has 1 aromatic carbocycles. The number of benzene rings is 1. The van der Waals surface area contributed by atoms with Gasteiger partial charge in [0.15, 0.2) is 0 Å². The van der Waals surface area contributed by atoms with Gasteiger partial charge in [0.05, 0.1) is 11.4 Å². The molecule has 1 N–H and O–H groups in total. The topological polar surface area (TPSA) is 29.9 Å². The molecule has 1 aliphatic rings. The van der Waals surface area contributed by atoms with Crippen LogP contribution >= 0.6 is 11.3 Å². The average Bonchev–Trinajstić information content (AvgIpc) is 3.17. The fourth-order valence-corrected chi connectivity index (χ4v) is 3.83. The molecule has 4 rings (SSSR count). The summed E-state index contributed by atoms with van der Waals surface area (Å²) in [5.41, 5.74) is 6.22. The van der Waals surface area contributed by atoms with Crippen molar-refractivity contribution in [3.05, 3.63) is 52.2 Å². The van der Waals surface area contributed by atoms with Crippen molar-refractivity contribution >= 4 is 17.2 Å². The Hall–Kier alpha value is -2.07. The number of hydrogen-bond acceptors (Lipinski definition) is 3. The van der Waals surface area contributed by atoms with Crippen LogP contribution in [0.2, 0.25) is 0 Å². The maximum Gasteiger partial charge on any atom is 0.133 e. The third-order valence-corrected chi connectivity index (χ3v) is 5.20. The number of hydrogen-bond donors (Lipinski definition) is 1. The van der Waals surface area contributed by atoms with E-state index in [1.165, 1.54) is 35.3 Å². The number of anilines is 1.